The second-order valence-corrected chi connectivity index (χ2v) is 4.86. The van der Waals surface area contributed by atoms with E-state index >= 15 is 0 Å². The summed E-state index contributed by atoms with van der Waals surface area (Å²) in [6.07, 6.45) is 0.746. The van der Waals surface area contributed by atoms with Crippen molar-refractivity contribution in [3.63, 3.8) is 0 Å². The molecule has 0 amide bonds. The molecule has 0 aromatic carbocycles. The Labute approximate surface area is 101 Å². The van der Waals surface area contributed by atoms with Crippen molar-refractivity contribution in [3.8, 4) is 0 Å². The lowest BCUT2D eigenvalue weighted by Gasteiger charge is -2.23. The summed E-state index contributed by atoms with van der Waals surface area (Å²) in [5, 5.41) is 9.00. The van der Waals surface area contributed by atoms with E-state index in [-0.39, 0.29) is 12.0 Å². The van der Waals surface area contributed by atoms with Crippen LogP contribution >= 0.6 is 0 Å². The predicted octanol–water partition coefficient (Wildman–Crippen LogP) is 2.36. The molecular weight excluding hydrogens is 218 g/mol. The first-order valence-electron chi connectivity index (χ1n) is 6.03. The minimum atomic E-state index is -0.681. The van der Waals surface area contributed by atoms with E-state index in [1.807, 2.05) is 19.9 Å². The van der Waals surface area contributed by atoms with E-state index in [1.54, 1.807) is 0 Å². The average molecular weight is 237 g/mol. The van der Waals surface area contributed by atoms with Crippen molar-refractivity contribution in [2.24, 2.45) is 5.92 Å². The summed E-state index contributed by atoms with van der Waals surface area (Å²) < 4.78 is 5.53. The molecule has 0 aliphatic carbocycles. The zero-order valence-electron chi connectivity index (χ0n) is 10.6. The Balaban J connectivity index is 2.09. The second kappa shape index (κ2) is 4.53. The summed E-state index contributed by atoms with van der Waals surface area (Å²) >= 11 is 0. The molecule has 2 atom stereocenters. The van der Waals surface area contributed by atoms with Crippen molar-refractivity contribution in [2.75, 3.05) is 13.1 Å². The first-order chi connectivity index (χ1) is 7.99. The van der Waals surface area contributed by atoms with E-state index in [9.17, 15) is 4.79 Å². The number of hydrogen-bond acceptors (Lipinski definition) is 3. The summed E-state index contributed by atoms with van der Waals surface area (Å²) in [5.41, 5.74) is 1.17. The van der Waals surface area contributed by atoms with E-state index in [0.717, 1.165) is 24.5 Å². The van der Waals surface area contributed by atoms with Gasteiger partial charge in [0.05, 0.1) is 5.92 Å². The Hall–Kier alpha value is -1.29. The number of furan rings is 1. The molecule has 2 rings (SSSR count). The maximum atomic E-state index is 10.9. The Kier molecular flexibility index (Phi) is 3.24. The minimum Gasteiger partial charge on any atom is -0.481 e. The number of carboxylic acids is 1. The lowest BCUT2D eigenvalue weighted by atomic mass is 10.1. The van der Waals surface area contributed by atoms with Gasteiger partial charge in [-0.1, -0.05) is 0 Å². The Morgan fingerprint density at radius 3 is 2.76 bits per heavy atom. The molecule has 2 heterocycles. The standard InChI is InChI=1S/C13H19NO3/c1-8-6-12(10(3)17-8)9(2)14-5-4-11(7-14)13(15)16/h6,9,11H,4-5,7H2,1-3H3,(H,15,16). The van der Waals surface area contributed by atoms with E-state index in [0.29, 0.717) is 6.54 Å². The highest BCUT2D eigenvalue weighted by Crippen LogP contribution is 2.30. The number of hydrogen-bond donors (Lipinski definition) is 1. The van der Waals surface area contributed by atoms with Crippen molar-refractivity contribution in [1.82, 2.24) is 4.90 Å². The molecule has 1 aliphatic heterocycles. The van der Waals surface area contributed by atoms with Gasteiger partial charge in [-0.05, 0) is 39.8 Å². The maximum Gasteiger partial charge on any atom is 0.307 e. The summed E-state index contributed by atoms with van der Waals surface area (Å²) in [5.74, 6) is 0.956. The Bertz CT molecular complexity index is 424. The van der Waals surface area contributed by atoms with Gasteiger partial charge in [-0.15, -0.1) is 0 Å². The monoisotopic (exact) mass is 237 g/mol. The fourth-order valence-corrected chi connectivity index (χ4v) is 2.60. The first kappa shape index (κ1) is 12.2. The third-order valence-electron chi connectivity index (χ3n) is 3.65. The van der Waals surface area contributed by atoms with Crippen LogP contribution in [0.15, 0.2) is 10.5 Å². The van der Waals surface area contributed by atoms with Crippen LogP contribution in [0.3, 0.4) is 0 Å². The van der Waals surface area contributed by atoms with Crippen LogP contribution in [0.2, 0.25) is 0 Å². The average Bonchev–Trinajstić information content (AvgIpc) is 2.84. The van der Waals surface area contributed by atoms with Crippen molar-refractivity contribution < 1.29 is 14.3 Å². The lowest BCUT2D eigenvalue weighted by molar-refractivity contribution is -0.141. The number of likely N-dealkylation sites (tertiary alicyclic amines) is 1. The molecular formula is C13H19NO3. The van der Waals surface area contributed by atoms with Gasteiger partial charge in [0.25, 0.3) is 0 Å². The highest BCUT2D eigenvalue weighted by molar-refractivity contribution is 5.70. The molecule has 1 N–H and O–H groups in total. The molecule has 0 saturated carbocycles. The van der Waals surface area contributed by atoms with Gasteiger partial charge in [-0.25, -0.2) is 0 Å². The lowest BCUT2D eigenvalue weighted by Crippen LogP contribution is -2.26. The van der Waals surface area contributed by atoms with Crippen LogP contribution < -0.4 is 0 Å². The van der Waals surface area contributed by atoms with Gasteiger partial charge in [0.1, 0.15) is 11.5 Å². The summed E-state index contributed by atoms with van der Waals surface area (Å²) in [6, 6.07) is 2.28. The van der Waals surface area contributed by atoms with Crippen LogP contribution in [0.1, 0.15) is 36.5 Å². The third kappa shape index (κ3) is 2.36. The van der Waals surface area contributed by atoms with Crippen LogP contribution in [0.5, 0.6) is 0 Å². The van der Waals surface area contributed by atoms with E-state index < -0.39 is 5.97 Å². The van der Waals surface area contributed by atoms with Gasteiger partial charge in [-0.3, -0.25) is 9.69 Å². The molecule has 0 bridgehead atoms. The fourth-order valence-electron chi connectivity index (χ4n) is 2.60. The van der Waals surface area contributed by atoms with E-state index in [2.05, 4.69) is 11.8 Å². The molecule has 1 saturated heterocycles. The SMILES string of the molecule is Cc1cc(C(C)N2CCC(C(=O)O)C2)c(C)o1. The number of nitrogens with zero attached hydrogens (tertiary/aromatic N) is 1. The topological polar surface area (TPSA) is 53.7 Å². The van der Waals surface area contributed by atoms with Crippen LogP contribution in [0, 0.1) is 19.8 Å². The largest absolute Gasteiger partial charge is 0.481 e. The van der Waals surface area contributed by atoms with Crippen LogP contribution in [-0.4, -0.2) is 29.1 Å². The number of carboxylic acid groups (broad SMARTS) is 1. The van der Waals surface area contributed by atoms with Gasteiger partial charge in [0.2, 0.25) is 0 Å². The second-order valence-electron chi connectivity index (χ2n) is 4.86. The zero-order valence-corrected chi connectivity index (χ0v) is 10.6. The number of aliphatic carboxylic acids is 1. The number of carbonyl (C=O) groups is 1. The Morgan fingerprint density at radius 2 is 2.29 bits per heavy atom. The third-order valence-corrected chi connectivity index (χ3v) is 3.65. The molecule has 0 spiro atoms. The van der Waals surface area contributed by atoms with Gasteiger partial charge in [-0.2, -0.15) is 0 Å². The van der Waals surface area contributed by atoms with E-state index in [1.165, 1.54) is 5.56 Å². The normalized spacial score (nSPS) is 22.9. The number of rotatable bonds is 3. The molecule has 94 valence electrons. The molecule has 0 radical (unpaired) electrons. The zero-order chi connectivity index (χ0) is 12.6. The van der Waals surface area contributed by atoms with Gasteiger partial charge >= 0.3 is 5.97 Å². The summed E-state index contributed by atoms with van der Waals surface area (Å²) in [4.78, 5) is 13.2. The van der Waals surface area contributed by atoms with Crippen molar-refractivity contribution in [3.05, 3.63) is 23.2 Å². The highest BCUT2D eigenvalue weighted by atomic mass is 16.4. The molecule has 1 fully saturated rings. The molecule has 4 nitrogen and oxygen atoms in total. The molecule has 1 aliphatic rings. The number of aryl methyl sites for hydroxylation is 2. The van der Waals surface area contributed by atoms with Crippen molar-refractivity contribution >= 4 is 5.97 Å². The van der Waals surface area contributed by atoms with Crippen LogP contribution in [0.25, 0.3) is 0 Å². The molecule has 4 heteroatoms. The van der Waals surface area contributed by atoms with E-state index in [4.69, 9.17) is 9.52 Å². The minimum absolute atomic E-state index is 0.217. The van der Waals surface area contributed by atoms with Gasteiger partial charge in [0, 0.05) is 18.2 Å². The fraction of sp³-hybridized carbons (Fsp3) is 0.615. The van der Waals surface area contributed by atoms with Gasteiger partial charge < -0.3 is 9.52 Å². The summed E-state index contributed by atoms with van der Waals surface area (Å²) in [6.45, 7) is 7.50. The smallest absolute Gasteiger partial charge is 0.307 e. The first-order valence-corrected chi connectivity index (χ1v) is 6.03. The molecule has 1 aromatic heterocycles. The van der Waals surface area contributed by atoms with Crippen LogP contribution in [0.4, 0.5) is 0 Å². The quantitative estimate of drug-likeness (QED) is 0.876. The maximum absolute atomic E-state index is 10.9. The molecule has 17 heavy (non-hydrogen) atoms. The van der Waals surface area contributed by atoms with Gasteiger partial charge in [0.15, 0.2) is 0 Å². The van der Waals surface area contributed by atoms with Crippen molar-refractivity contribution in [1.29, 1.82) is 0 Å². The predicted molar refractivity (Wildman–Crippen MR) is 63.9 cm³/mol. The summed E-state index contributed by atoms with van der Waals surface area (Å²) in [7, 11) is 0. The molecule has 1 aromatic rings. The highest BCUT2D eigenvalue weighted by Gasteiger charge is 2.31. The Morgan fingerprint density at radius 1 is 1.59 bits per heavy atom. The molecule has 2 unspecified atom stereocenters. The van der Waals surface area contributed by atoms with Crippen LogP contribution in [-0.2, 0) is 4.79 Å². The van der Waals surface area contributed by atoms with Crippen molar-refractivity contribution in [2.45, 2.75) is 33.2 Å².